The Morgan fingerprint density at radius 2 is 2.29 bits per heavy atom. The molecule has 0 atom stereocenters. The van der Waals surface area contributed by atoms with Crippen LogP contribution in [0.5, 0.6) is 0 Å². The van der Waals surface area contributed by atoms with Crippen LogP contribution in [-0.4, -0.2) is 17.7 Å². The number of anilines is 1. The molecule has 1 aromatic heterocycles. The first-order valence-corrected chi connectivity index (χ1v) is 5.66. The molecule has 2 amide bonds. The second kappa shape index (κ2) is 6.53. The van der Waals surface area contributed by atoms with Gasteiger partial charge in [-0.1, -0.05) is 25.4 Å². The minimum atomic E-state index is -0.381. The first kappa shape index (κ1) is 13.0. The van der Waals surface area contributed by atoms with Crippen LogP contribution in [0.15, 0.2) is 4.52 Å². The highest BCUT2D eigenvalue weighted by atomic mass is 16.5. The molecule has 6 heteroatoms. The van der Waals surface area contributed by atoms with Crippen molar-refractivity contribution in [1.82, 2.24) is 10.5 Å². The average Bonchev–Trinajstić information content (AvgIpc) is 2.71. The summed E-state index contributed by atoms with van der Waals surface area (Å²) in [5, 5.41) is 17.8. The van der Waals surface area contributed by atoms with Gasteiger partial charge in [-0.3, -0.25) is 5.32 Å². The Kier molecular flexibility index (Phi) is 5.01. The van der Waals surface area contributed by atoms with Gasteiger partial charge in [0.1, 0.15) is 17.3 Å². The van der Waals surface area contributed by atoms with Gasteiger partial charge in [0.2, 0.25) is 0 Å². The molecule has 1 rings (SSSR count). The van der Waals surface area contributed by atoms with Gasteiger partial charge >= 0.3 is 6.03 Å². The normalized spacial score (nSPS) is 9.71. The van der Waals surface area contributed by atoms with E-state index in [0.29, 0.717) is 18.7 Å². The number of rotatable bonds is 5. The summed E-state index contributed by atoms with van der Waals surface area (Å²) in [4.78, 5) is 11.4. The lowest BCUT2D eigenvalue weighted by Crippen LogP contribution is -2.29. The Balaban J connectivity index is 2.60. The lowest BCUT2D eigenvalue weighted by atomic mass is 10.2. The largest absolute Gasteiger partial charge is 0.338 e. The SMILES string of the molecule is CCCCNC(=O)Nc1onc(CC)c1C#N. The summed E-state index contributed by atoms with van der Waals surface area (Å²) >= 11 is 0. The monoisotopic (exact) mass is 236 g/mol. The van der Waals surface area contributed by atoms with E-state index in [0.717, 1.165) is 12.8 Å². The molecule has 0 radical (unpaired) electrons. The summed E-state index contributed by atoms with van der Waals surface area (Å²) in [6.07, 6.45) is 2.51. The third-order valence-corrected chi connectivity index (χ3v) is 2.25. The molecule has 0 saturated heterocycles. The number of unbranched alkanes of at least 4 members (excludes halogenated alkanes) is 1. The fourth-order valence-corrected chi connectivity index (χ4v) is 1.29. The third-order valence-electron chi connectivity index (χ3n) is 2.25. The highest BCUT2D eigenvalue weighted by molar-refractivity contribution is 5.89. The smallest absolute Gasteiger partial charge is 0.321 e. The number of hydrogen-bond donors (Lipinski definition) is 2. The van der Waals surface area contributed by atoms with Gasteiger partial charge in [-0.05, 0) is 12.8 Å². The molecule has 1 aromatic rings. The zero-order chi connectivity index (χ0) is 12.7. The van der Waals surface area contributed by atoms with Crippen LogP contribution in [0.4, 0.5) is 10.7 Å². The van der Waals surface area contributed by atoms with Crippen molar-refractivity contribution >= 4 is 11.9 Å². The Bertz CT molecular complexity index is 420. The fourth-order valence-electron chi connectivity index (χ4n) is 1.29. The van der Waals surface area contributed by atoms with Crippen LogP contribution in [0.2, 0.25) is 0 Å². The molecule has 0 saturated carbocycles. The number of nitrogens with one attached hydrogen (secondary N) is 2. The number of aryl methyl sites for hydroxylation is 1. The number of urea groups is 1. The van der Waals surface area contributed by atoms with E-state index in [1.54, 1.807) is 0 Å². The molecule has 0 unspecified atom stereocenters. The summed E-state index contributed by atoms with van der Waals surface area (Å²) < 4.78 is 4.91. The van der Waals surface area contributed by atoms with Gasteiger partial charge in [0.25, 0.3) is 5.88 Å². The van der Waals surface area contributed by atoms with Crippen LogP contribution in [0.25, 0.3) is 0 Å². The molecule has 0 fully saturated rings. The minimum absolute atomic E-state index is 0.110. The van der Waals surface area contributed by atoms with Crippen LogP contribution in [0, 0.1) is 11.3 Å². The standard InChI is InChI=1S/C11H16N4O2/c1-3-5-6-13-11(16)14-10-8(7-12)9(4-2)15-17-10/h3-6H2,1-2H3,(H2,13,14,16). The van der Waals surface area contributed by atoms with E-state index in [2.05, 4.69) is 15.8 Å². The van der Waals surface area contributed by atoms with Crippen LogP contribution in [0.1, 0.15) is 37.9 Å². The number of nitriles is 1. The molecule has 92 valence electrons. The number of aromatic nitrogens is 1. The van der Waals surface area contributed by atoms with E-state index >= 15 is 0 Å². The van der Waals surface area contributed by atoms with Gasteiger partial charge in [-0.2, -0.15) is 5.26 Å². The number of carbonyl (C=O) groups is 1. The first-order chi connectivity index (χ1) is 8.22. The van der Waals surface area contributed by atoms with E-state index in [4.69, 9.17) is 9.78 Å². The maximum absolute atomic E-state index is 11.4. The van der Waals surface area contributed by atoms with Crippen molar-refractivity contribution in [3.8, 4) is 6.07 Å². The Labute approximate surface area is 100.0 Å². The van der Waals surface area contributed by atoms with Gasteiger partial charge in [0, 0.05) is 6.54 Å². The lowest BCUT2D eigenvalue weighted by Gasteiger charge is -2.03. The molecule has 0 aliphatic rings. The zero-order valence-corrected chi connectivity index (χ0v) is 10.0. The van der Waals surface area contributed by atoms with E-state index < -0.39 is 0 Å². The zero-order valence-electron chi connectivity index (χ0n) is 10.0. The summed E-state index contributed by atoms with van der Waals surface area (Å²) in [6.45, 7) is 4.50. The third kappa shape index (κ3) is 3.48. The summed E-state index contributed by atoms with van der Waals surface area (Å²) in [6, 6.07) is 1.59. The van der Waals surface area contributed by atoms with Gasteiger partial charge in [-0.25, -0.2) is 4.79 Å². The van der Waals surface area contributed by atoms with Gasteiger partial charge in [0.05, 0.1) is 0 Å². The molecule has 2 N–H and O–H groups in total. The minimum Gasteiger partial charge on any atom is -0.338 e. The maximum atomic E-state index is 11.4. The molecule has 0 spiro atoms. The Hall–Kier alpha value is -2.03. The number of hydrogen-bond acceptors (Lipinski definition) is 4. The van der Waals surface area contributed by atoms with Crippen molar-refractivity contribution < 1.29 is 9.32 Å². The molecule has 0 aliphatic heterocycles. The van der Waals surface area contributed by atoms with E-state index in [-0.39, 0.29) is 17.5 Å². The first-order valence-electron chi connectivity index (χ1n) is 5.66. The van der Waals surface area contributed by atoms with Crippen LogP contribution < -0.4 is 10.6 Å². The Morgan fingerprint density at radius 3 is 2.88 bits per heavy atom. The molecule has 0 aromatic carbocycles. The van der Waals surface area contributed by atoms with Crippen molar-refractivity contribution in [3.63, 3.8) is 0 Å². The van der Waals surface area contributed by atoms with Crippen molar-refractivity contribution in [2.24, 2.45) is 0 Å². The van der Waals surface area contributed by atoms with Crippen molar-refractivity contribution in [2.75, 3.05) is 11.9 Å². The maximum Gasteiger partial charge on any atom is 0.321 e. The van der Waals surface area contributed by atoms with Crippen LogP contribution >= 0.6 is 0 Å². The quantitative estimate of drug-likeness (QED) is 0.765. The second-order valence-electron chi connectivity index (χ2n) is 3.53. The average molecular weight is 236 g/mol. The molecular weight excluding hydrogens is 220 g/mol. The highest BCUT2D eigenvalue weighted by Crippen LogP contribution is 2.18. The number of nitrogens with zero attached hydrogens (tertiary/aromatic N) is 2. The Morgan fingerprint density at radius 1 is 1.53 bits per heavy atom. The number of amides is 2. The van der Waals surface area contributed by atoms with Crippen molar-refractivity contribution in [1.29, 1.82) is 5.26 Å². The predicted octanol–water partition coefficient (Wildman–Crippen LogP) is 2.03. The van der Waals surface area contributed by atoms with Gasteiger partial charge in [-0.15, -0.1) is 0 Å². The topological polar surface area (TPSA) is 90.9 Å². The molecule has 0 aliphatic carbocycles. The summed E-state index contributed by atoms with van der Waals surface area (Å²) in [7, 11) is 0. The second-order valence-corrected chi connectivity index (χ2v) is 3.53. The fraction of sp³-hybridized carbons (Fsp3) is 0.545. The molecule has 0 bridgehead atoms. The molecule has 17 heavy (non-hydrogen) atoms. The summed E-state index contributed by atoms with van der Waals surface area (Å²) in [5.41, 5.74) is 0.842. The predicted molar refractivity (Wildman–Crippen MR) is 62.5 cm³/mol. The molecular formula is C11H16N4O2. The van der Waals surface area contributed by atoms with Crippen LogP contribution in [0.3, 0.4) is 0 Å². The van der Waals surface area contributed by atoms with E-state index in [1.807, 2.05) is 19.9 Å². The molecule has 6 nitrogen and oxygen atoms in total. The van der Waals surface area contributed by atoms with Crippen LogP contribution in [-0.2, 0) is 6.42 Å². The summed E-state index contributed by atoms with van der Waals surface area (Å²) in [5.74, 6) is 0.110. The van der Waals surface area contributed by atoms with Gasteiger partial charge < -0.3 is 9.84 Å². The van der Waals surface area contributed by atoms with E-state index in [1.165, 1.54) is 0 Å². The lowest BCUT2D eigenvalue weighted by molar-refractivity contribution is 0.251. The molecule has 1 heterocycles. The van der Waals surface area contributed by atoms with Crippen molar-refractivity contribution in [2.45, 2.75) is 33.1 Å². The number of carbonyl (C=O) groups excluding carboxylic acids is 1. The van der Waals surface area contributed by atoms with Gasteiger partial charge in [0.15, 0.2) is 0 Å². The van der Waals surface area contributed by atoms with E-state index in [9.17, 15) is 4.79 Å². The highest BCUT2D eigenvalue weighted by Gasteiger charge is 2.16. The van der Waals surface area contributed by atoms with Crippen molar-refractivity contribution in [3.05, 3.63) is 11.3 Å².